The summed E-state index contributed by atoms with van der Waals surface area (Å²) in [6.45, 7) is 0. The largest absolute Gasteiger partial charge is 0.165 e. The first-order valence-corrected chi connectivity index (χ1v) is 5.82. The third-order valence-electron chi connectivity index (χ3n) is 2.45. The Labute approximate surface area is 68.8 Å². The van der Waals surface area contributed by atoms with Gasteiger partial charge >= 0.3 is 0 Å². The molecule has 0 aromatic carbocycles. The molecule has 0 spiro atoms. The predicted octanol–water partition coefficient (Wildman–Crippen LogP) is 3.32. The van der Waals surface area contributed by atoms with Crippen molar-refractivity contribution in [3.8, 4) is 0 Å². The van der Waals surface area contributed by atoms with Crippen molar-refractivity contribution >= 4 is 11.8 Å². The number of hydrogen-bond acceptors (Lipinski definition) is 1. The summed E-state index contributed by atoms with van der Waals surface area (Å²) >= 11 is 2.00. The van der Waals surface area contributed by atoms with E-state index >= 15 is 0 Å². The molecular formula is C9H18S. The molecule has 0 radical (unpaired) electrons. The van der Waals surface area contributed by atoms with Crippen LogP contribution in [0.2, 0.25) is 0 Å². The smallest absolute Gasteiger partial charge is 0.00677 e. The summed E-state index contributed by atoms with van der Waals surface area (Å²) < 4.78 is 0. The van der Waals surface area contributed by atoms with E-state index in [2.05, 4.69) is 6.26 Å². The van der Waals surface area contributed by atoms with Crippen LogP contribution in [0.3, 0.4) is 0 Å². The van der Waals surface area contributed by atoms with Crippen molar-refractivity contribution in [3.05, 3.63) is 0 Å². The van der Waals surface area contributed by atoms with Crippen LogP contribution in [-0.2, 0) is 0 Å². The minimum atomic E-state index is 1.08. The van der Waals surface area contributed by atoms with Gasteiger partial charge in [0.1, 0.15) is 0 Å². The molecule has 1 fully saturated rings. The summed E-state index contributed by atoms with van der Waals surface area (Å²) in [4.78, 5) is 0. The molecule has 0 aliphatic heterocycles. The number of hydrogen-bond donors (Lipinski definition) is 0. The summed E-state index contributed by atoms with van der Waals surface area (Å²) in [6.07, 6.45) is 11.2. The highest BCUT2D eigenvalue weighted by atomic mass is 32.2. The second kappa shape index (κ2) is 5.06. The highest BCUT2D eigenvalue weighted by molar-refractivity contribution is 7.98. The molecule has 0 saturated heterocycles. The average molecular weight is 158 g/mol. The first kappa shape index (κ1) is 8.45. The molecule has 0 amide bonds. The third-order valence-corrected chi connectivity index (χ3v) is 3.10. The van der Waals surface area contributed by atoms with Crippen LogP contribution in [0.1, 0.15) is 38.5 Å². The molecule has 10 heavy (non-hydrogen) atoms. The topological polar surface area (TPSA) is 0 Å². The molecule has 1 rings (SSSR count). The van der Waals surface area contributed by atoms with Gasteiger partial charge in [-0.25, -0.2) is 0 Å². The average Bonchev–Trinajstić information content (AvgIpc) is 2.03. The summed E-state index contributed by atoms with van der Waals surface area (Å²) in [6, 6.07) is 0. The van der Waals surface area contributed by atoms with Crippen LogP contribution in [-0.4, -0.2) is 12.0 Å². The molecule has 0 atom stereocenters. The van der Waals surface area contributed by atoms with Gasteiger partial charge in [0.2, 0.25) is 0 Å². The molecule has 1 aliphatic rings. The minimum absolute atomic E-state index is 1.08. The minimum Gasteiger partial charge on any atom is -0.165 e. The fraction of sp³-hybridized carbons (Fsp3) is 1.00. The Bertz CT molecular complexity index is 74.8. The van der Waals surface area contributed by atoms with Crippen molar-refractivity contribution in [3.63, 3.8) is 0 Å². The Morgan fingerprint density at radius 3 is 2.50 bits per heavy atom. The van der Waals surface area contributed by atoms with E-state index in [9.17, 15) is 0 Å². The van der Waals surface area contributed by atoms with Gasteiger partial charge in [-0.05, 0) is 24.3 Å². The zero-order chi connectivity index (χ0) is 7.23. The van der Waals surface area contributed by atoms with E-state index in [-0.39, 0.29) is 0 Å². The Kier molecular flexibility index (Phi) is 4.27. The van der Waals surface area contributed by atoms with Crippen LogP contribution in [0, 0.1) is 5.92 Å². The van der Waals surface area contributed by atoms with E-state index < -0.39 is 0 Å². The van der Waals surface area contributed by atoms with E-state index in [0.29, 0.717) is 0 Å². The molecule has 0 unspecified atom stereocenters. The van der Waals surface area contributed by atoms with Gasteiger partial charge in [0.25, 0.3) is 0 Å². The summed E-state index contributed by atoms with van der Waals surface area (Å²) in [5.41, 5.74) is 0. The lowest BCUT2D eigenvalue weighted by Crippen LogP contribution is -2.06. The highest BCUT2D eigenvalue weighted by Crippen LogP contribution is 2.26. The van der Waals surface area contributed by atoms with Gasteiger partial charge in [0.05, 0.1) is 0 Å². The second-order valence-corrected chi connectivity index (χ2v) is 4.27. The van der Waals surface area contributed by atoms with Gasteiger partial charge in [-0.2, -0.15) is 11.8 Å². The van der Waals surface area contributed by atoms with Crippen molar-refractivity contribution in [1.29, 1.82) is 0 Å². The van der Waals surface area contributed by atoms with Crippen molar-refractivity contribution in [2.45, 2.75) is 38.5 Å². The van der Waals surface area contributed by atoms with E-state index in [0.717, 1.165) is 5.92 Å². The van der Waals surface area contributed by atoms with Crippen molar-refractivity contribution in [1.82, 2.24) is 0 Å². The fourth-order valence-corrected chi connectivity index (χ4v) is 2.33. The predicted molar refractivity (Wildman–Crippen MR) is 49.6 cm³/mol. The first-order valence-electron chi connectivity index (χ1n) is 4.42. The summed E-state index contributed by atoms with van der Waals surface area (Å²) in [7, 11) is 0. The third kappa shape index (κ3) is 2.96. The van der Waals surface area contributed by atoms with E-state index in [1.54, 1.807) is 0 Å². The Morgan fingerprint density at radius 2 is 1.90 bits per heavy atom. The van der Waals surface area contributed by atoms with Crippen LogP contribution < -0.4 is 0 Å². The van der Waals surface area contributed by atoms with Gasteiger partial charge in [-0.3, -0.25) is 0 Å². The monoisotopic (exact) mass is 158 g/mol. The highest BCUT2D eigenvalue weighted by Gasteiger charge is 2.11. The molecule has 0 bridgehead atoms. The first-order chi connectivity index (χ1) is 4.93. The van der Waals surface area contributed by atoms with E-state index in [4.69, 9.17) is 0 Å². The molecule has 0 nitrogen and oxygen atoms in total. The normalized spacial score (nSPS) is 21.3. The Balaban J connectivity index is 2.02. The van der Waals surface area contributed by atoms with E-state index in [1.807, 2.05) is 11.8 Å². The Hall–Kier alpha value is 0.350. The Morgan fingerprint density at radius 1 is 1.20 bits per heavy atom. The maximum atomic E-state index is 2.21. The molecule has 60 valence electrons. The van der Waals surface area contributed by atoms with Crippen molar-refractivity contribution in [2.24, 2.45) is 5.92 Å². The van der Waals surface area contributed by atoms with Crippen molar-refractivity contribution < 1.29 is 0 Å². The van der Waals surface area contributed by atoms with E-state index in [1.165, 1.54) is 44.3 Å². The van der Waals surface area contributed by atoms with Gasteiger partial charge in [0, 0.05) is 0 Å². The molecule has 1 saturated carbocycles. The number of rotatable bonds is 3. The zero-order valence-electron chi connectivity index (χ0n) is 6.94. The standard InChI is InChI=1S/C9H18S/c1-10-8-7-9-5-3-2-4-6-9/h9H,2-8H2,1H3. The fourth-order valence-electron chi connectivity index (χ4n) is 1.76. The van der Waals surface area contributed by atoms with Gasteiger partial charge in [-0.15, -0.1) is 0 Å². The molecule has 0 aromatic heterocycles. The van der Waals surface area contributed by atoms with Crippen molar-refractivity contribution in [2.75, 3.05) is 12.0 Å². The van der Waals surface area contributed by atoms with Crippen LogP contribution in [0.25, 0.3) is 0 Å². The zero-order valence-corrected chi connectivity index (χ0v) is 7.75. The maximum absolute atomic E-state index is 2.21. The van der Waals surface area contributed by atoms with Crippen LogP contribution in [0.4, 0.5) is 0 Å². The maximum Gasteiger partial charge on any atom is -0.00677 e. The van der Waals surface area contributed by atoms with Crippen LogP contribution in [0.15, 0.2) is 0 Å². The lowest BCUT2D eigenvalue weighted by Gasteiger charge is -2.20. The summed E-state index contributed by atoms with van der Waals surface area (Å²) in [5, 5.41) is 0. The molecule has 0 aromatic rings. The summed E-state index contributed by atoms with van der Waals surface area (Å²) in [5.74, 6) is 2.46. The molecule has 0 N–H and O–H groups in total. The van der Waals surface area contributed by atoms with Crippen LogP contribution >= 0.6 is 11.8 Å². The van der Waals surface area contributed by atoms with Gasteiger partial charge in [0.15, 0.2) is 0 Å². The lowest BCUT2D eigenvalue weighted by molar-refractivity contribution is 0.351. The number of thioether (sulfide) groups is 1. The molecular weight excluding hydrogens is 140 g/mol. The lowest BCUT2D eigenvalue weighted by atomic mass is 9.88. The quantitative estimate of drug-likeness (QED) is 0.607. The molecule has 1 aliphatic carbocycles. The second-order valence-electron chi connectivity index (χ2n) is 3.29. The van der Waals surface area contributed by atoms with Gasteiger partial charge < -0.3 is 0 Å². The SMILES string of the molecule is CSCCC1CCCCC1. The molecule has 1 heteroatoms. The molecule has 0 heterocycles. The van der Waals surface area contributed by atoms with Crippen LogP contribution in [0.5, 0.6) is 0 Å². The van der Waals surface area contributed by atoms with Gasteiger partial charge in [-0.1, -0.05) is 32.1 Å².